The molecule has 134 valence electrons. The van der Waals surface area contributed by atoms with Gasteiger partial charge >= 0.3 is 6.18 Å². The summed E-state index contributed by atoms with van der Waals surface area (Å²) in [5, 5.41) is 11.0. The molecule has 1 aliphatic heterocycles. The van der Waals surface area contributed by atoms with Crippen molar-refractivity contribution < 1.29 is 27.6 Å². The third-order valence-electron chi connectivity index (χ3n) is 3.31. The van der Waals surface area contributed by atoms with Crippen molar-refractivity contribution in [1.82, 2.24) is 4.90 Å². The molecule has 7 nitrogen and oxygen atoms in total. The Kier molecular flexibility index (Phi) is 6.38. The molecule has 1 aliphatic rings. The van der Waals surface area contributed by atoms with Crippen molar-refractivity contribution in [2.75, 3.05) is 19.7 Å². The number of nitrogens with two attached hydrogens (primary N) is 1. The predicted octanol–water partition coefficient (Wildman–Crippen LogP) is 2.13. The summed E-state index contributed by atoms with van der Waals surface area (Å²) >= 11 is 0. The molecule has 0 radical (unpaired) electrons. The molecule has 0 aliphatic carbocycles. The highest BCUT2D eigenvalue weighted by Crippen LogP contribution is 2.27. The minimum atomic E-state index is -4.55. The molecule has 0 unspecified atom stereocenters. The average Bonchev–Trinajstić information content (AvgIpc) is 2.89. The van der Waals surface area contributed by atoms with Gasteiger partial charge in [-0.2, -0.15) is 13.2 Å². The van der Waals surface area contributed by atoms with Gasteiger partial charge in [0.1, 0.15) is 11.3 Å². The molecule has 0 aromatic heterocycles. The van der Waals surface area contributed by atoms with E-state index >= 15 is 0 Å². The maximum atomic E-state index is 12.4. The number of carbonyl (C=O) groups is 1. The van der Waals surface area contributed by atoms with Crippen LogP contribution >= 0.6 is 12.4 Å². The highest BCUT2D eigenvalue weighted by molar-refractivity contribution is 5.98. The van der Waals surface area contributed by atoms with E-state index in [1.54, 1.807) is 0 Å². The van der Waals surface area contributed by atoms with Crippen LogP contribution in [-0.4, -0.2) is 47.6 Å². The lowest BCUT2D eigenvalue weighted by Crippen LogP contribution is -2.32. The van der Waals surface area contributed by atoms with E-state index in [1.807, 2.05) is 0 Å². The Morgan fingerprint density at radius 3 is 2.62 bits per heavy atom. The number of nitro groups is 1. The van der Waals surface area contributed by atoms with Crippen LogP contribution in [0.5, 0.6) is 5.75 Å². The van der Waals surface area contributed by atoms with Crippen molar-refractivity contribution in [2.45, 2.75) is 18.6 Å². The van der Waals surface area contributed by atoms with E-state index in [-0.39, 0.29) is 36.3 Å². The van der Waals surface area contributed by atoms with Gasteiger partial charge in [0.05, 0.1) is 4.92 Å². The minimum Gasteiger partial charge on any atom is -0.484 e. The summed E-state index contributed by atoms with van der Waals surface area (Å²) in [5.74, 6) is -0.915. The van der Waals surface area contributed by atoms with E-state index in [4.69, 9.17) is 5.73 Å². The zero-order valence-electron chi connectivity index (χ0n) is 12.3. The van der Waals surface area contributed by atoms with Crippen LogP contribution in [0.4, 0.5) is 18.9 Å². The number of carbonyl (C=O) groups excluding carboxylic acids is 1. The number of hydrogen-bond donors (Lipinski definition) is 1. The Morgan fingerprint density at radius 2 is 2.12 bits per heavy atom. The fourth-order valence-corrected chi connectivity index (χ4v) is 2.24. The molecule has 24 heavy (non-hydrogen) atoms. The highest BCUT2D eigenvalue weighted by atomic mass is 35.5. The summed E-state index contributed by atoms with van der Waals surface area (Å²) in [7, 11) is 0. The van der Waals surface area contributed by atoms with Crippen molar-refractivity contribution >= 4 is 24.0 Å². The van der Waals surface area contributed by atoms with E-state index < -0.39 is 29.3 Å². The molecule has 11 heteroatoms. The third-order valence-corrected chi connectivity index (χ3v) is 3.31. The smallest absolute Gasteiger partial charge is 0.422 e. The van der Waals surface area contributed by atoms with Gasteiger partial charge in [-0.15, -0.1) is 12.4 Å². The molecule has 1 saturated heterocycles. The van der Waals surface area contributed by atoms with Crippen molar-refractivity contribution in [1.29, 1.82) is 0 Å². The zero-order valence-corrected chi connectivity index (χ0v) is 13.1. The summed E-state index contributed by atoms with van der Waals surface area (Å²) in [6, 6.07) is 2.71. The first kappa shape index (κ1) is 20.0. The molecule has 2 rings (SSSR count). The van der Waals surface area contributed by atoms with Crippen LogP contribution in [0.25, 0.3) is 0 Å². The SMILES string of the molecule is Cl.N[C@@H]1CCN(C(=O)c2cc(OCC(F)(F)F)ccc2[N+](=O)[O-])C1. The molecular weight excluding hydrogens is 355 g/mol. The summed E-state index contributed by atoms with van der Waals surface area (Å²) in [6.07, 6.45) is -3.99. The Balaban J connectivity index is 0.00000288. The second-order valence-corrected chi connectivity index (χ2v) is 5.14. The summed E-state index contributed by atoms with van der Waals surface area (Å²) in [6.45, 7) is -0.971. The summed E-state index contributed by atoms with van der Waals surface area (Å²) in [5.41, 5.74) is 4.88. The molecule has 1 heterocycles. The van der Waals surface area contributed by atoms with E-state index in [9.17, 15) is 28.1 Å². The van der Waals surface area contributed by atoms with Crippen molar-refractivity contribution in [3.05, 3.63) is 33.9 Å². The van der Waals surface area contributed by atoms with Gasteiger partial charge in [-0.1, -0.05) is 0 Å². The first-order valence-corrected chi connectivity index (χ1v) is 6.70. The number of ether oxygens (including phenoxy) is 1. The van der Waals surface area contributed by atoms with E-state index in [0.717, 1.165) is 18.2 Å². The Bertz CT molecular complexity index is 627. The van der Waals surface area contributed by atoms with Gasteiger partial charge in [0, 0.05) is 25.2 Å². The lowest BCUT2D eigenvalue weighted by atomic mass is 10.1. The summed E-state index contributed by atoms with van der Waals surface area (Å²) in [4.78, 5) is 23.9. The maximum absolute atomic E-state index is 12.4. The van der Waals surface area contributed by atoms with Gasteiger partial charge in [-0.3, -0.25) is 14.9 Å². The highest BCUT2D eigenvalue weighted by Gasteiger charge is 2.31. The molecule has 1 aromatic carbocycles. The standard InChI is InChI=1S/C13H14F3N3O4.ClH/c14-13(15,16)7-23-9-1-2-11(19(21)22)10(5-9)12(20)18-4-3-8(17)6-18;/h1-2,5,8H,3-4,6-7,17H2;1H/t8-;/m1./s1. The zero-order chi connectivity index (χ0) is 17.2. The van der Waals surface area contributed by atoms with E-state index in [2.05, 4.69) is 4.74 Å². The fourth-order valence-electron chi connectivity index (χ4n) is 2.24. The number of amides is 1. The van der Waals surface area contributed by atoms with Crippen molar-refractivity contribution in [3.8, 4) is 5.75 Å². The van der Waals surface area contributed by atoms with Gasteiger partial charge in [0.15, 0.2) is 6.61 Å². The second-order valence-electron chi connectivity index (χ2n) is 5.14. The third kappa shape index (κ3) is 4.96. The predicted molar refractivity (Wildman–Crippen MR) is 80.4 cm³/mol. The van der Waals surface area contributed by atoms with Crippen LogP contribution in [0.15, 0.2) is 18.2 Å². The average molecular weight is 370 g/mol. The monoisotopic (exact) mass is 369 g/mol. The van der Waals surface area contributed by atoms with Crippen LogP contribution in [0.3, 0.4) is 0 Å². The molecule has 1 aromatic rings. The lowest BCUT2D eigenvalue weighted by molar-refractivity contribution is -0.385. The number of likely N-dealkylation sites (tertiary alicyclic amines) is 1. The van der Waals surface area contributed by atoms with Crippen LogP contribution in [0.1, 0.15) is 16.8 Å². The molecule has 0 saturated carbocycles. The second kappa shape index (κ2) is 7.67. The van der Waals surface area contributed by atoms with Crippen LogP contribution < -0.4 is 10.5 Å². The molecule has 0 spiro atoms. The Hall–Kier alpha value is -2.07. The normalized spacial score (nSPS) is 17.3. The van der Waals surface area contributed by atoms with Gasteiger partial charge in [-0.25, -0.2) is 0 Å². The van der Waals surface area contributed by atoms with Crippen molar-refractivity contribution in [3.63, 3.8) is 0 Å². The van der Waals surface area contributed by atoms with E-state index in [0.29, 0.717) is 13.0 Å². The Morgan fingerprint density at radius 1 is 1.46 bits per heavy atom. The van der Waals surface area contributed by atoms with Gasteiger partial charge in [0.25, 0.3) is 11.6 Å². The van der Waals surface area contributed by atoms with Crippen molar-refractivity contribution in [2.24, 2.45) is 5.73 Å². The van der Waals surface area contributed by atoms with Gasteiger partial charge in [0.2, 0.25) is 0 Å². The maximum Gasteiger partial charge on any atom is 0.422 e. The fraction of sp³-hybridized carbons (Fsp3) is 0.462. The van der Waals surface area contributed by atoms with Gasteiger partial charge < -0.3 is 15.4 Å². The molecule has 1 fully saturated rings. The minimum absolute atomic E-state index is 0. The van der Waals surface area contributed by atoms with Crippen LogP contribution in [0.2, 0.25) is 0 Å². The number of halogens is 4. The number of rotatable bonds is 4. The topological polar surface area (TPSA) is 98.7 Å². The number of nitrogens with zero attached hydrogens (tertiary/aromatic N) is 2. The number of nitro benzene ring substituents is 1. The molecule has 2 N–H and O–H groups in total. The summed E-state index contributed by atoms with van der Waals surface area (Å²) < 4.78 is 41.1. The molecule has 1 amide bonds. The first-order chi connectivity index (χ1) is 10.7. The van der Waals surface area contributed by atoms with Crippen LogP contribution in [-0.2, 0) is 0 Å². The van der Waals surface area contributed by atoms with Crippen LogP contribution in [0, 0.1) is 10.1 Å². The quantitative estimate of drug-likeness (QED) is 0.647. The largest absolute Gasteiger partial charge is 0.484 e. The first-order valence-electron chi connectivity index (χ1n) is 6.70. The van der Waals surface area contributed by atoms with Gasteiger partial charge in [-0.05, 0) is 18.6 Å². The lowest BCUT2D eigenvalue weighted by Gasteiger charge is -2.16. The van der Waals surface area contributed by atoms with E-state index in [1.165, 1.54) is 4.90 Å². The number of hydrogen-bond acceptors (Lipinski definition) is 5. The molecule has 1 atom stereocenters. The molecular formula is C13H15ClF3N3O4. The molecule has 0 bridgehead atoms. The number of benzene rings is 1. The number of alkyl halides is 3. The Labute approximate surface area is 141 Å².